The van der Waals surface area contributed by atoms with E-state index in [9.17, 15) is 9.59 Å². The van der Waals surface area contributed by atoms with E-state index in [-0.39, 0.29) is 48.7 Å². The van der Waals surface area contributed by atoms with E-state index in [2.05, 4.69) is 0 Å². The van der Waals surface area contributed by atoms with Crippen molar-refractivity contribution in [1.82, 2.24) is 4.90 Å². The van der Waals surface area contributed by atoms with Gasteiger partial charge in [-0.2, -0.15) is 0 Å². The van der Waals surface area contributed by atoms with Crippen LogP contribution in [0.5, 0.6) is 11.5 Å². The first-order valence-corrected chi connectivity index (χ1v) is 7.68. The van der Waals surface area contributed by atoms with E-state index in [0.717, 1.165) is 12.0 Å². The second kappa shape index (κ2) is 3.46. The van der Waals surface area contributed by atoms with Crippen LogP contribution in [0.25, 0.3) is 0 Å². The van der Waals surface area contributed by atoms with Crippen LogP contribution in [0.15, 0.2) is 12.1 Å². The van der Waals surface area contributed by atoms with Gasteiger partial charge in [0.05, 0.1) is 18.2 Å². The number of rotatable bonds is 0. The van der Waals surface area contributed by atoms with Crippen LogP contribution < -0.4 is 9.47 Å². The van der Waals surface area contributed by atoms with E-state index < -0.39 is 0 Å². The molecule has 22 heavy (non-hydrogen) atoms. The molecule has 2 amide bonds. The van der Waals surface area contributed by atoms with Crippen LogP contribution in [0, 0.1) is 5.92 Å². The van der Waals surface area contributed by atoms with Crippen molar-refractivity contribution in [2.75, 3.05) is 6.79 Å². The van der Waals surface area contributed by atoms with Gasteiger partial charge < -0.3 is 14.2 Å². The van der Waals surface area contributed by atoms with Gasteiger partial charge in [-0.3, -0.25) is 14.5 Å². The van der Waals surface area contributed by atoms with Gasteiger partial charge in [0.15, 0.2) is 11.5 Å². The van der Waals surface area contributed by atoms with E-state index in [0.29, 0.717) is 23.5 Å². The quantitative estimate of drug-likeness (QED) is 0.529. The van der Waals surface area contributed by atoms with E-state index in [1.165, 1.54) is 4.90 Å². The van der Waals surface area contributed by atoms with Gasteiger partial charge in [-0.05, 0) is 30.0 Å². The first kappa shape index (κ1) is 11.5. The summed E-state index contributed by atoms with van der Waals surface area (Å²) in [5.74, 6) is 1.33. The molecule has 4 heterocycles. The molecule has 6 rings (SSSR count). The lowest BCUT2D eigenvalue weighted by Crippen LogP contribution is -2.51. The minimum absolute atomic E-state index is 0.0448. The summed E-state index contributed by atoms with van der Waals surface area (Å²) in [6.07, 6.45) is 1.72. The molecule has 0 radical (unpaired) electrons. The summed E-state index contributed by atoms with van der Waals surface area (Å²) in [5.41, 5.74) is 1.53. The molecule has 1 aromatic carbocycles. The molecule has 0 aromatic heterocycles. The zero-order chi connectivity index (χ0) is 14.6. The highest BCUT2D eigenvalue weighted by molar-refractivity contribution is 6.09. The summed E-state index contributed by atoms with van der Waals surface area (Å²) in [6.45, 7) is 0.175. The Kier molecular flexibility index (Phi) is 1.80. The smallest absolute Gasteiger partial charge is 0.261 e. The number of hydrogen-bond acceptors (Lipinski definition) is 5. The number of fused-ring (bicyclic) bond motifs is 5. The number of ether oxygens (including phenoxy) is 3. The average molecular weight is 299 g/mol. The Morgan fingerprint density at radius 2 is 1.95 bits per heavy atom. The Bertz CT molecular complexity index is 759. The SMILES string of the molecule is O=C1CC2CC3OC3[C@H]3c4cc5c(cc4C(=O)N1C23)OCO5. The molecule has 1 saturated carbocycles. The highest BCUT2D eigenvalue weighted by Crippen LogP contribution is 2.57. The summed E-state index contributed by atoms with van der Waals surface area (Å²) in [5, 5.41) is 0. The first-order valence-electron chi connectivity index (χ1n) is 7.68. The molecule has 5 aliphatic rings. The van der Waals surface area contributed by atoms with Gasteiger partial charge in [-0.15, -0.1) is 0 Å². The van der Waals surface area contributed by atoms with Crippen molar-refractivity contribution in [3.05, 3.63) is 23.3 Å². The number of amides is 2. The van der Waals surface area contributed by atoms with Crippen LogP contribution in [0.2, 0.25) is 0 Å². The number of carbonyl (C=O) groups is 2. The Balaban J connectivity index is 1.60. The van der Waals surface area contributed by atoms with Gasteiger partial charge >= 0.3 is 0 Å². The Hall–Kier alpha value is -2.08. The zero-order valence-electron chi connectivity index (χ0n) is 11.7. The second-order valence-electron chi connectivity index (χ2n) is 6.72. The number of imide groups is 1. The van der Waals surface area contributed by atoms with Gasteiger partial charge in [0.2, 0.25) is 12.7 Å². The summed E-state index contributed by atoms with van der Waals surface area (Å²) in [4.78, 5) is 26.6. The van der Waals surface area contributed by atoms with Crippen molar-refractivity contribution in [2.45, 2.75) is 37.0 Å². The molecular weight excluding hydrogens is 286 g/mol. The minimum atomic E-state index is -0.193. The monoisotopic (exact) mass is 299 g/mol. The summed E-state index contributed by atoms with van der Waals surface area (Å²) < 4.78 is 16.7. The molecule has 5 atom stereocenters. The molecule has 6 heteroatoms. The molecule has 112 valence electrons. The average Bonchev–Trinajstić information content (AvgIpc) is 2.99. The van der Waals surface area contributed by atoms with Crippen LogP contribution in [0.4, 0.5) is 0 Å². The Labute approximate surface area is 125 Å². The standard InChI is InChI=1S/C16H13NO5/c18-12-2-6-1-11-15(22-11)13-7-3-9-10(21-5-20-9)4-8(7)16(19)17(12)14(6)13/h3-4,6,11,13-15H,1-2,5H2/t6?,11?,13-,14?,15?/m0/s1. The van der Waals surface area contributed by atoms with Crippen LogP contribution in [0.1, 0.15) is 34.7 Å². The molecule has 0 bridgehead atoms. The fourth-order valence-electron chi connectivity index (χ4n) is 4.81. The lowest BCUT2D eigenvalue weighted by molar-refractivity contribution is -0.126. The highest BCUT2D eigenvalue weighted by Gasteiger charge is 2.64. The number of benzene rings is 1. The van der Waals surface area contributed by atoms with Gasteiger partial charge in [0.25, 0.3) is 5.91 Å². The molecule has 0 spiro atoms. The van der Waals surface area contributed by atoms with Crippen molar-refractivity contribution in [2.24, 2.45) is 5.92 Å². The van der Waals surface area contributed by atoms with Gasteiger partial charge in [-0.1, -0.05) is 0 Å². The number of hydrogen-bond donors (Lipinski definition) is 0. The maximum atomic E-state index is 12.8. The Morgan fingerprint density at radius 1 is 1.14 bits per heavy atom. The second-order valence-corrected chi connectivity index (χ2v) is 6.72. The molecular formula is C16H13NO5. The molecule has 0 N–H and O–H groups in total. The normalized spacial score (nSPS) is 39.5. The molecule has 4 unspecified atom stereocenters. The molecule has 3 fully saturated rings. The van der Waals surface area contributed by atoms with Crippen LogP contribution in [-0.2, 0) is 9.53 Å². The van der Waals surface area contributed by atoms with Crippen molar-refractivity contribution < 1.29 is 23.8 Å². The summed E-state index contributed by atoms with van der Waals surface area (Å²) >= 11 is 0. The fraction of sp³-hybridized carbons (Fsp3) is 0.500. The first-order chi connectivity index (χ1) is 10.7. The highest BCUT2D eigenvalue weighted by atomic mass is 16.7. The molecule has 1 aromatic rings. The van der Waals surface area contributed by atoms with E-state index in [1.807, 2.05) is 6.07 Å². The van der Waals surface area contributed by atoms with Crippen molar-refractivity contribution >= 4 is 11.8 Å². The van der Waals surface area contributed by atoms with E-state index in [1.54, 1.807) is 6.07 Å². The topological polar surface area (TPSA) is 68.4 Å². The summed E-state index contributed by atoms with van der Waals surface area (Å²) in [6, 6.07) is 3.60. The lowest BCUT2D eigenvalue weighted by atomic mass is 9.71. The van der Waals surface area contributed by atoms with Crippen LogP contribution >= 0.6 is 0 Å². The van der Waals surface area contributed by atoms with Crippen LogP contribution in [0.3, 0.4) is 0 Å². The number of carbonyl (C=O) groups excluding carboxylic acids is 2. The van der Waals surface area contributed by atoms with Crippen molar-refractivity contribution in [3.63, 3.8) is 0 Å². The zero-order valence-corrected chi connectivity index (χ0v) is 11.7. The molecule has 6 nitrogen and oxygen atoms in total. The van der Waals surface area contributed by atoms with Crippen LogP contribution in [-0.4, -0.2) is 41.8 Å². The van der Waals surface area contributed by atoms with Gasteiger partial charge in [-0.25, -0.2) is 0 Å². The number of nitrogens with zero attached hydrogens (tertiary/aromatic N) is 1. The third kappa shape index (κ3) is 1.18. The predicted molar refractivity (Wildman–Crippen MR) is 71.7 cm³/mol. The lowest BCUT2D eigenvalue weighted by Gasteiger charge is -2.40. The number of epoxide rings is 1. The molecule has 2 saturated heterocycles. The van der Waals surface area contributed by atoms with Crippen molar-refractivity contribution in [1.29, 1.82) is 0 Å². The Morgan fingerprint density at radius 3 is 2.82 bits per heavy atom. The summed E-state index contributed by atoms with van der Waals surface area (Å²) in [7, 11) is 0. The molecule has 1 aliphatic carbocycles. The maximum Gasteiger partial charge on any atom is 0.261 e. The van der Waals surface area contributed by atoms with Gasteiger partial charge in [0.1, 0.15) is 0 Å². The predicted octanol–water partition coefficient (Wildman–Crippen LogP) is 1.04. The molecule has 4 aliphatic heterocycles. The maximum absolute atomic E-state index is 12.8. The van der Waals surface area contributed by atoms with E-state index in [4.69, 9.17) is 14.2 Å². The van der Waals surface area contributed by atoms with Gasteiger partial charge in [0, 0.05) is 17.9 Å². The van der Waals surface area contributed by atoms with E-state index >= 15 is 0 Å². The largest absolute Gasteiger partial charge is 0.454 e. The fourth-order valence-corrected chi connectivity index (χ4v) is 4.81. The minimum Gasteiger partial charge on any atom is -0.454 e. The third-order valence-electron chi connectivity index (χ3n) is 5.72. The van der Waals surface area contributed by atoms with Crippen molar-refractivity contribution in [3.8, 4) is 11.5 Å². The third-order valence-corrected chi connectivity index (χ3v) is 5.72.